The van der Waals surface area contributed by atoms with Gasteiger partial charge >= 0.3 is 5.97 Å². The first kappa shape index (κ1) is 25.5. The van der Waals surface area contributed by atoms with Crippen LogP contribution in [0.2, 0.25) is 0 Å². The van der Waals surface area contributed by atoms with Gasteiger partial charge in [0.05, 0.1) is 7.11 Å². The van der Waals surface area contributed by atoms with E-state index in [9.17, 15) is 9.59 Å². The monoisotopic (exact) mass is 502 g/mol. The molecule has 0 unspecified atom stereocenters. The molecule has 1 N–H and O–H groups in total. The zero-order valence-corrected chi connectivity index (χ0v) is 21.9. The molecule has 0 spiro atoms. The van der Waals surface area contributed by atoms with E-state index in [1.807, 2.05) is 42.5 Å². The first-order valence-electron chi connectivity index (χ1n) is 13.6. The molecule has 2 aliphatic carbocycles. The lowest BCUT2D eigenvalue weighted by molar-refractivity contribution is -0.131. The summed E-state index contributed by atoms with van der Waals surface area (Å²) < 4.78 is 10.7. The van der Waals surface area contributed by atoms with E-state index < -0.39 is 0 Å². The zero-order valence-electron chi connectivity index (χ0n) is 21.9. The van der Waals surface area contributed by atoms with Crippen molar-refractivity contribution in [1.82, 2.24) is 10.2 Å². The number of piperidine rings is 1. The lowest BCUT2D eigenvalue weighted by atomic mass is 9.58. The van der Waals surface area contributed by atoms with E-state index in [0.717, 1.165) is 56.0 Å². The smallest absolute Gasteiger partial charge is 0.308 e. The summed E-state index contributed by atoms with van der Waals surface area (Å²) in [4.78, 5) is 27.2. The predicted molar refractivity (Wildman–Crippen MR) is 145 cm³/mol. The molecule has 1 saturated heterocycles. The van der Waals surface area contributed by atoms with Gasteiger partial charge in [0.2, 0.25) is 5.91 Å². The summed E-state index contributed by atoms with van der Waals surface area (Å²) in [5.41, 5.74) is 2.12. The molecule has 196 valence electrons. The van der Waals surface area contributed by atoms with E-state index in [1.165, 1.54) is 31.9 Å². The van der Waals surface area contributed by atoms with Crippen molar-refractivity contribution in [3.8, 4) is 11.5 Å². The predicted octanol–water partition coefficient (Wildman–Crippen LogP) is 4.97. The number of carbonyl (C=O) groups excluding carboxylic acids is 2. The van der Waals surface area contributed by atoms with E-state index in [2.05, 4.69) is 22.3 Å². The normalized spacial score (nSPS) is 25.9. The minimum atomic E-state index is -0.304. The standard InChI is InChI=1S/C31H38N2O4/c1-22(34)37-29-8-4-6-25(18-29)31-15-16-33(20-24-9-10-24)21-26(31)12-13-27(19-31)32-30(35)14-11-23-5-3-7-28(17-23)36-2/h3-8,11,14,17-18,24,26-27H,9-10,12-13,15-16,19-21H2,1-2H3,(H,32,35)/t26-,27-,31+/m1/s1. The Morgan fingerprint density at radius 3 is 2.68 bits per heavy atom. The Bertz CT molecular complexity index is 1160. The second-order valence-corrected chi connectivity index (χ2v) is 11.0. The molecule has 6 nitrogen and oxygen atoms in total. The van der Waals surface area contributed by atoms with Crippen LogP contribution < -0.4 is 14.8 Å². The fourth-order valence-electron chi connectivity index (χ4n) is 6.37. The quantitative estimate of drug-likeness (QED) is 0.314. The second-order valence-electron chi connectivity index (χ2n) is 11.0. The van der Waals surface area contributed by atoms with Crippen molar-refractivity contribution in [1.29, 1.82) is 0 Å². The summed E-state index contributed by atoms with van der Waals surface area (Å²) in [7, 11) is 1.64. The van der Waals surface area contributed by atoms with Crippen LogP contribution in [-0.2, 0) is 15.0 Å². The molecule has 1 amide bonds. The summed E-state index contributed by atoms with van der Waals surface area (Å²) in [5.74, 6) is 2.40. The van der Waals surface area contributed by atoms with Crippen molar-refractivity contribution in [3.63, 3.8) is 0 Å². The third kappa shape index (κ3) is 6.24. The zero-order chi connectivity index (χ0) is 25.8. The van der Waals surface area contributed by atoms with Crippen molar-refractivity contribution in [2.75, 3.05) is 26.7 Å². The fourth-order valence-corrected chi connectivity index (χ4v) is 6.37. The second kappa shape index (κ2) is 11.1. The largest absolute Gasteiger partial charge is 0.497 e. The number of nitrogens with one attached hydrogen (secondary N) is 1. The maximum atomic E-state index is 12.9. The van der Waals surface area contributed by atoms with E-state index in [0.29, 0.717) is 11.7 Å². The Morgan fingerprint density at radius 1 is 1.08 bits per heavy atom. The third-order valence-electron chi connectivity index (χ3n) is 8.36. The van der Waals surface area contributed by atoms with Crippen molar-refractivity contribution >= 4 is 18.0 Å². The van der Waals surface area contributed by atoms with Crippen LogP contribution in [0.25, 0.3) is 6.08 Å². The Morgan fingerprint density at radius 2 is 1.89 bits per heavy atom. The summed E-state index contributed by atoms with van der Waals surface area (Å²) in [6.45, 7) is 4.83. The number of benzene rings is 2. The molecule has 2 aromatic carbocycles. The SMILES string of the molecule is COc1cccc(C=CC(=O)N[C@@H]2CC[C@@H]3CN(CC4CC4)CC[C@@]3(c3cccc(OC(C)=O)c3)C2)c1. The molecule has 0 aromatic heterocycles. The minimum absolute atomic E-state index is 0.0388. The Kier molecular flexibility index (Phi) is 7.65. The van der Waals surface area contributed by atoms with Crippen LogP contribution in [0.5, 0.6) is 11.5 Å². The molecular formula is C31H38N2O4. The van der Waals surface area contributed by atoms with Crippen molar-refractivity contribution in [2.24, 2.45) is 11.8 Å². The van der Waals surface area contributed by atoms with Gasteiger partial charge in [0.15, 0.2) is 0 Å². The van der Waals surface area contributed by atoms with E-state index in [1.54, 1.807) is 13.2 Å². The van der Waals surface area contributed by atoms with Gasteiger partial charge < -0.3 is 19.7 Å². The maximum absolute atomic E-state index is 12.9. The summed E-state index contributed by atoms with van der Waals surface area (Å²) in [5, 5.41) is 3.29. The molecule has 37 heavy (non-hydrogen) atoms. The van der Waals surface area contributed by atoms with Gasteiger partial charge in [-0.3, -0.25) is 9.59 Å². The molecule has 3 atom stereocenters. The maximum Gasteiger partial charge on any atom is 0.308 e. The van der Waals surface area contributed by atoms with Gasteiger partial charge in [-0.15, -0.1) is 0 Å². The van der Waals surface area contributed by atoms with E-state index in [4.69, 9.17) is 9.47 Å². The molecule has 0 bridgehead atoms. The number of amides is 1. The Labute approximate surface area is 220 Å². The molecular weight excluding hydrogens is 464 g/mol. The number of hydrogen-bond acceptors (Lipinski definition) is 5. The number of hydrogen-bond donors (Lipinski definition) is 1. The Balaban J connectivity index is 1.32. The van der Waals surface area contributed by atoms with E-state index in [-0.39, 0.29) is 23.3 Å². The van der Waals surface area contributed by atoms with Gasteiger partial charge in [0.1, 0.15) is 11.5 Å². The Hall–Kier alpha value is -3.12. The highest BCUT2D eigenvalue weighted by molar-refractivity contribution is 5.92. The van der Waals surface area contributed by atoms with Crippen LogP contribution in [0, 0.1) is 11.8 Å². The lowest BCUT2D eigenvalue weighted by Crippen LogP contribution is -2.56. The molecule has 2 saturated carbocycles. The number of esters is 1. The van der Waals surface area contributed by atoms with Gasteiger partial charge in [-0.1, -0.05) is 24.3 Å². The summed E-state index contributed by atoms with van der Waals surface area (Å²) >= 11 is 0. The number of methoxy groups -OCH3 is 1. The first-order valence-corrected chi connectivity index (χ1v) is 13.6. The third-order valence-corrected chi connectivity index (χ3v) is 8.36. The van der Waals surface area contributed by atoms with Gasteiger partial charge in [-0.25, -0.2) is 0 Å². The van der Waals surface area contributed by atoms with Crippen LogP contribution in [-0.4, -0.2) is 49.6 Å². The molecule has 2 aromatic rings. The molecule has 1 heterocycles. The molecule has 3 fully saturated rings. The van der Waals surface area contributed by atoms with Crippen molar-refractivity contribution < 1.29 is 19.1 Å². The highest BCUT2D eigenvalue weighted by Crippen LogP contribution is 2.50. The van der Waals surface area contributed by atoms with Gasteiger partial charge in [-0.2, -0.15) is 0 Å². The summed E-state index contributed by atoms with van der Waals surface area (Å²) in [6, 6.07) is 15.9. The number of nitrogens with zero attached hydrogens (tertiary/aromatic N) is 1. The molecule has 6 heteroatoms. The van der Waals surface area contributed by atoms with E-state index >= 15 is 0 Å². The fraction of sp³-hybridized carbons (Fsp3) is 0.484. The van der Waals surface area contributed by atoms with Crippen molar-refractivity contribution in [2.45, 2.75) is 56.9 Å². The average Bonchev–Trinajstić information content (AvgIpc) is 3.71. The average molecular weight is 503 g/mol. The molecule has 0 radical (unpaired) electrons. The molecule has 5 rings (SSSR count). The number of likely N-dealkylation sites (tertiary alicyclic amines) is 1. The first-order chi connectivity index (χ1) is 17.9. The van der Waals surface area contributed by atoms with Crippen LogP contribution in [0.4, 0.5) is 0 Å². The van der Waals surface area contributed by atoms with Crippen LogP contribution >= 0.6 is 0 Å². The number of rotatable bonds is 8. The highest BCUT2D eigenvalue weighted by Gasteiger charge is 2.48. The van der Waals surface area contributed by atoms with Crippen LogP contribution in [0.3, 0.4) is 0 Å². The van der Waals surface area contributed by atoms with Crippen LogP contribution in [0.15, 0.2) is 54.6 Å². The van der Waals surface area contributed by atoms with Gasteiger partial charge in [0.25, 0.3) is 0 Å². The van der Waals surface area contributed by atoms with Gasteiger partial charge in [-0.05, 0) is 98.4 Å². The molecule has 1 aliphatic heterocycles. The summed E-state index contributed by atoms with van der Waals surface area (Å²) in [6.07, 6.45) is 10.2. The number of ether oxygens (including phenoxy) is 2. The highest BCUT2D eigenvalue weighted by atomic mass is 16.5. The topological polar surface area (TPSA) is 67.9 Å². The molecule has 3 aliphatic rings. The lowest BCUT2D eigenvalue weighted by Gasteiger charge is -2.53. The van der Waals surface area contributed by atoms with Crippen molar-refractivity contribution in [3.05, 3.63) is 65.7 Å². The van der Waals surface area contributed by atoms with Gasteiger partial charge in [0, 0.05) is 37.5 Å². The number of fused-ring (bicyclic) bond motifs is 1. The minimum Gasteiger partial charge on any atom is -0.497 e. The van der Waals surface area contributed by atoms with Crippen LogP contribution in [0.1, 0.15) is 56.6 Å². The number of carbonyl (C=O) groups is 2.